The van der Waals surface area contributed by atoms with E-state index < -0.39 is 89.7 Å². The van der Waals surface area contributed by atoms with E-state index in [1.54, 1.807) is 12.1 Å². The number of ether oxygens (including phenoxy) is 5. The van der Waals surface area contributed by atoms with Crippen LogP contribution < -0.4 is 14.9 Å². The van der Waals surface area contributed by atoms with E-state index in [-0.39, 0.29) is 34.2 Å². The van der Waals surface area contributed by atoms with Crippen LogP contribution >= 0.6 is 0 Å². The number of aliphatic hydroxyl groups is 5. The first-order chi connectivity index (χ1) is 24.7. The highest BCUT2D eigenvalue weighted by atomic mass is 16.7. The van der Waals surface area contributed by atoms with E-state index in [9.17, 15) is 50.4 Å². The van der Waals surface area contributed by atoms with Crippen LogP contribution in [0.2, 0.25) is 0 Å². The van der Waals surface area contributed by atoms with Crippen LogP contribution in [0.15, 0.2) is 76.0 Å². The monoisotopic (exact) mass is 724 g/mol. The molecule has 2 aliphatic heterocycles. The average molecular weight is 725 g/mol. The average Bonchev–Trinajstić information content (AvgIpc) is 3.11. The summed E-state index contributed by atoms with van der Waals surface area (Å²) in [6.07, 6.45) is -12.4. The topological polar surface area (TPSA) is 255 Å². The summed E-state index contributed by atoms with van der Waals surface area (Å²) >= 11 is 0. The van der Waals surface area contributed by atoms with E-state index in [0.29, 0.717) is 5.56 Å². The van der Waals surface area contributed by atoms with Gasteiger partial charge in [-0.15, -0.1) is 0 Å². The van der Waals surface area contributed by atoms with Crippen molar-refractivity contribution in [3.8, 4) is 40.1 Å². The van der Waals surface area contributed by atoms with Crippen molar-refractivity contribution in [1.29, 1.82) is 0 Å². The molecule has 3 heterocycles. The number of carbonyl (C=O) groups excluding carboxylic acids is 1. The van der Waals surface area contributed by atoms with Gasteiger partial charge in [0.2, 0.25) is 23.8 Å². The van der Waals surface area contributed by atoms with Crippen molar-refractivity contribution in [2.24, 2.45) is 0 Å². The zero-order chi connectivity index (χ0) is 37.4. The van der Waals surface area contributed by atoms with Gasteiger partial charge in [-0.1, -0.05) is 12.1 Å². The number of rotatable bonds is 8. The Bertz CT molecular complexity index is 1990. The van der Waals surface area contributed by atoms with Crippen molar-refractivity contribution in [1.82, 2.24) is 0 Å². The number of hydrogen-bond acceptors (Lipinski definition) is 16. The van der Waals surface area contributed by atoms with Gasteiger partial charge in [0.15, 0.2) is 18.0 Å². The molecular formula is C36H36O16. The third-order valence-corrected chi connectivity index (χ3v) is 8.67. The molecule has 8 N–H and O–H groups in total. The molecule has 0 radical (unpaired) electrons. The van der Waals surface area contributed by atoms with Crippen molar-refractivity contribution in [3.63, 3.8) is 0 Å². The number of fused-ring (bicyclic) bond motifs is 1. The smallest absolute Gasteiger partial charge is 0.331 e. The largest absolute Gasteiger partial charge is 0.508 e. The van der Waals surface area contributed by atoms with Crippen LogP contribution in [0.3, 0.4) is 0 Å². The van der Waals surface area contributed by atoms with Gasteiger partial charge >= 0.3 is 5.97 Å². The summed E-state index contributed by atoms with van der Waals surface area (Å²) in [6.45, 7) is 2.88. The molecule has 16 nitrogen and oxygen atoms in total. The first-order valence-electron chi connectivity index (χ1n) is 16.1. The SMILES string of the molecule is C[C@@H]1O[C@@H](Oc2cc(O)c3c(=O)c(O[C@@H]4O[C@@H](C)[C@H](O)[C@H](OC(=O)/C=C/c5ccc(O)cc5)[C@@H]4O)c(-c4ccc(O)cc4)oc3c2)[C@@H](O)[C@H](O)[C@H]1O. The fourth-order valence-corrected chi connectivity index (χ4v) is 5.75. The maximum absolute atomic E-state index is 14.1. The van der Waals surface area contributed by atoms with Gasteiger partial charge in [0.1, 0.15) is 58.4 Å². The summed E-state index contributed by atoms with van der Waals surface area (Å²) in [5.74, 6) is -2.67. The molecule has 0 saturated carbocycles. The van der Waals surface area contributed by atoms with Crippen molar-refractivity contribution >= 4 is 23.0 Å². The van der Waals surface area contributed by atoms with E-state index in [4.69, 9.17) is 28.1 Å². The molecule has 0 aliphatic carbocycles. The maximum atomic E-state index is 14.1. The molecule has 1 aromatic heterocycles. The molecule has 52 heavy (non-hydrogen) atoms. The first kappa shape index (κ1) is 36.6. The Hall–Kier alpha value is -5.20. The quantitative estimate of drug-likeness (QED) is 0.0940. The highest BCUT2D eigenvalue weighted by Gasteiger charge is 2.47. The Morgan fingerprint density at radius 1 is 0.731 bits per heavy atom. The van der Waals surface area contributed by atoms with E-state index in [0.717, 1.165) is 12.1 Å². The van der Waals surface area contributed by atoms with Gasteiger partial charge in [-0.25, -0.2) is 4.79 Å². The molecule has 0 bridgehead atoms. The fourth-order valence-electron chi connectivity index (χ4n) is 5.75. The van der Waals surface area contributed by atoms with Crippen LogP contribution in [0, 0.1) is 0 Å². The second-order valence-corrected chi connectivity index (χ2v) is 12.4. The Kier molecular flexibility index (Phi) is 10.4. The maximum Gasteiger partial charge on any atom is 0.331 e. The zero-order valence-electron chi connectivity index (χ0n) is 27.5. The van der Waals surface area contributed by atoms with Crippen molar-refractivity contribution < 1.29 is 73.7 Å². The van der Waals surface area contributed by atoms with Crippen LogP contribution in [-0.4, -0.2) is 108 Å². The second kappa shape index (κ2) is 14.8. The minimum atomic E-state index is -1.86. The van der Waals surface area contributed by atoms with E-state index in [1.165, 1.54) is 62.4 Å². The van der Waals surface area contributed by atoms with Gasteiger partial charge in [-0.3, -0.25) is 4.79 Å². The summed E-state index contributed by atoms with van der Waals surface area (Å²) in [5.41, 5.74) is -0.447. The minimum Gasteiger partial charge on any atom is -0.508 e. The summed E-state index contributed by atoms with van der Waals surface area (Å²) in [5, 5.41) is 82.6. The van der Waals surface area contributed by atoms with E-state index >= 15 is 0 Å². The number of aromatic hydroxyl groups is 3. The van der Waals surface area contributed by atoms with Crippen LogP contribution in [0.4, 0.5) is 0 Å². The normalized spacial score (nSPS) is 29.2. The molecule has 16 heteroatoms. The molecule has 2 saturated heterocycles. The van der Waals surface area contributed by atoms with Gasteiger partial charge in [-0.2, -0.15) is 0 Å². The molecule has 2 aliphatic rings. The third-order valence-electron chi connectivity index (χ3n) is 8.67. The standard InChI is InChI=1S/C36H36O16/c1-15-26(41)29(44)30(45)35(47-15)49-21-13-22(39)25-23(14-21)50-32(18-6-10-20(38)11-7-18)34(28(25)43)52-36-31(46)33(27(42)16(2)48-36)51-24(40)12-5-17-3-8-19(37)9-4-17/h3-16,26-27,29-31,33,35-39,41-42,44-46H,1-2H3/b12-5+/t15-,16-,26-,27-,29+,30-,31-,33-,35-,36-/m0/s1. The molecule has 3 aromatic carbocycles. The van der Waals surface area contributed by atoms with Crippen LogP contribution in [0.1, 0.15) is 19.4 Å². The molecule has 276 valence electrons. The van der Waals surface area contributed by atoms with Crippen molar-refractivity contribution in [3.05, 3.63) is 82.5 Å². The molecule has 0 amide bonds. The van der Waals surface area contributed by atoms with Crippen LogP contribution in [0.5, 0.6) is 28.7 Å². The number of phenols is 3. The lowest BCUT2D eigenvalue weighted by Crippen LogP contribution is -2.59. The zero-order valence-corrected chi connectivity index (χ0v) is 27.5. The van der Waals surface area contributed by atoms with Gasteiger partial charge in [0, 0.05) is 23.8 Å². The summed E-state index contributed by atoms with van der Waals surface area (Å²) in [7, 11) is 0. The molecule has 0 unspecified atom stereocenters. The molecule has 0 spiro atoms. The number of phenolic OH excluding ortho intramolecular Hbond substituents is 3. The van der Waals surface area contributed by atoms with E-state index in [2.05, 4.69) is 0 Å². The number of aliphatic hydroxyl groups excluding tert-OH is 5. The van der Waals surface area contributed by atoms with Gasteiger partial charge in [0.05, 0.1) is 12.2 Å². The van der Waals surface area contributed by atoms with Crippen LogP contribution in [0.25, 0.3) is 28.4 Å². The Balaban J connectivity index is 1.32. The lowest BCUT2D eigenvalue weighted by atomic mass is 9.99. The predicted octanol–water partition coefficient (Wildman–Crippen LogP) is 1.25. The molecule has 6 rings (SSSR count). The summed E-state index contributed by atoms with van der Waals surface area (Å²) < 4.78 is 34.2. The third kappa shape index (κ3) is 7.40. The highest BCUT2D eigenvalue weighted by Crippen LogP contribution is 2.38. The van der Waals surface area contributed by atoms with Gasteiger partial charge in [0.25, 0.3) is 0 Å². The molecule has 4 aromatic rings. The Morgan fingerprint density at radius 3 is 1.98 bits per heavy atom. The number of benzene rings is 3. The van der Waals surface area contributed by atoms with Gasteiger partial charge < -0.3 is 69.0 Å². The van der Waals surface area contributed by atoms with Crippen LogP contribution in [-0.2, 0) is 19.0 Å². The fraction of sp³-hybridized carbons (Fsp3) is 0.333. The first-order valence-corrected chi connectivity index (χ1v) is 16.1. The highest BCUT2D eigenvalue weighted by molar-refractivity contribution is 5.88. The lowest BCUT2D eigenvalue weighted by molar-refractivity contribution is -0.271. The molecular weight excluding hydrogens is 688 g/mol. The van der Waals surface area contributed by atoms with E-state index in [1.807, 2.05) is 0 Å². The second-order valence-electron chi connectivity index (χ2n) is 12.4. The van der Waals surface area contributed by atoms with Gasteiger partial charge in [-0.05, 0) is 61.9 Å². The van der Waals surface area contributed by atoms with Crippen molar-refractivity contribution in [2.75, 3.05) is 0 Å². The Labute approximate surface area is 294 Å². The number of hydrogen-bond donors (Lipinski definition) is 8. The number of carbonyl (C=O) groups is 1. The number of esters is 1. The minimum absolute atomic E-state index is 0.0279. The molecule has 10 atom stereocenters. The Morgan fingerprint density at radius 2 is 1.33 bits per heavy atom. The lowest BCUT2D eigenvalue weighted by Gasteiger charge is -2.40. The summed E-state index contributed by atoms with van der Waals surface area (Å²) in [4.78, 5) is 26.8. The molecule has 2 fully saturated rings. The summed E-state index contributed by atoms with van der Waals surface area (Å²) in [6, 6.07) is 13.5. The predicted molar refractivity (Wildman–Crippen MR) is 178 cm³/mol. The van der Waals surface area contributed by atoms with Crippen molar-refractivity contribution in [2.45, 2.75) is 75.3 Å².